The second-order valence-corrected chi connectivity index (χ2v) is 13.9. The summed E-state index contributed by atoms with van der Waals surface area (Å²) in [5, 5.41) is 18.4. The van der Waals surface area contributed by atoms with Crippen LogP contribution < -0.4 is 0 Å². The summed E-state index contributed by atoms with van der Waals surface area (Å²) in [7, 11) is 0. The summed E-state index contributed by atoms with van der Waals surface area (Å²) in [4.78, 5) is 24.2. The Balaban J connectivity index is 1.37. The molecule has 0 aromatic carbocycles. The molecule has 240 valence electrons. The highest BCUT2D eigenvalue weighted by molar-refractivity contribution is 5.88. The van der Waals surface area contributed by atoms with Crippen LogP contribution in [0.15, 0.2) is 24.3 Å². The van der Waals surface area contributed by atoms with E-state index >= 15 is 0 Å². The Labute approximate surface area is 255 Å². The standard InChI is InChI=1S/C36H60O6/c1-4-5-6-7-28-8-10-29(11-9-28)12-13-30-14-16-31(17-15-30)32-18-20-33(21-19-32)34(24-41-35(39)26(2)22-37)25-42-36(40)27(3)23-38/h28-34,37-38H,2-25H2,1H3. The minimum absolute atomic E-state index is 0.0175. The van der Waals surface area contributed by atoms with Gasteiger partial charge in [-0.2, -0.15) is 0 Å². The zero-order valence-corrected chi connectivity index (χ0v) is 26.5. The summed E-state index contributed by atoms with van der Waals surface area (Å²) < 4.78 is 10.8. The van der Waals surface area contributed by atoms with Crippen molar-refractivity contribution in [3.63, 3.8) is 0 Å². The first-order chi connectivity index (χ1) is 20.3. The highest BCUT2D eigenvalue weighted by atomic mass is 16.5. The van der Waals surface area contributed by atoms with Crippen LogP contribution in [0.3, 0.4) is 0 Å². The number of carbonyl (C=O) groups excluding carboxylic acids is 2. The van der Waals surface area contributed by atoms with Gasteiger partial charge in [0.2, 0.25) is 0 Å². The molecular formula is C36H60O6. The number of hydrogen-bond acceptors (Lipinski definition) is 6. The molecule has 42 heavy (non-hydrogen) atoms. The van der Waals surface area contributed by atoms with Gasteiger partial charge in [-0.1, -0.05) is 97.1 Å². The maximum absolute atomic E-state index is 12.1. The van der Waals surface area contributed by atoms with Crippen LogP contribution in [0, 0.1) is 41.4 Å². The molecule has 0 radical (unpaired) electrons. The van der Waals surface area contributed by atoms with E-state index in [4.69, 9.17) is 9.47 Å². The third-order valence-electron chi connectivity index (χ3n) is 11.0. The van der Waals surface area contributed by atoms with E-state index in [0.717, 1.165) is 42.4 Å². The molecule has 0 spiro atoms. The van der Waals surface area contributed by atoms with Crippen LogP contribution in [0.2, 0.25) is 0 Å². The van der Waals surface area contributed by atoms with E-state index in [-0.39, 0.29) is 30.3 Å². The van der Waals surface area contributed by atoms with Crippen LogP contribution in [0.25, 0.3) is 0 Å². The van der Waals surface area contributed by atoms with Gasteiger partial charge < -0.3 is 19.7 Å². The zero-order valence-electron chi connectivity index (χ0n) is 26.5. The van der Waals surface area contributed by atoms with Crippen LogP contribution in [0.1, 0.15) is 122 Å². The third-order valence-corrected chi connectivity index (χ3v) is 11.0. The Bertz CT molecular complexity index is 796. The predicted molar refractivity (Wildman–Crippen MR) is 168 cm³/mol. The summed E-state index contributed by atoms with van der Waals surface area (Å²) in [6.07, 6.45) is 24.4. The number of esters is 2. The van der Waals surface area contributed by atoms with Crippen molar-refractivity contribution in [1.82, 2.24) is 0 Å². The largest absolute Gasteiger partial charge is 0.462 e. The molecule has 3 saturated carbocycles. The minimum atomic E-state index is -0.617. The lowest BCUT2D eigenvalue weighted by Gasteiger charge is -2.40. The molecule has 0 heterocycles. The van der Waals surface area contributed by atoms with Gasteiger partial charge in [0, 0.05) is 5.92 Å². The molecule has 6 heteroatoms. The zero-order chi connectivity index (χ0) is 30.3. The predicted octanol–water partition coefficient (Wildman–Crippen LogP) is 7.57. The average molecular weight is 589 g/mol. The van der Waals surface area contributed by atoms with Crippen LogP contribution in [-0.2, 0) is 19.1 Å². The van der Waals surface area contributed by atoms with Gasteiger partial charge in [0.05, 0.1) is 37.6 Å². The minimum Gasteiger partial charge on any atom is -0.462 e. The Morgan fingerprint density at radius 1 is 0.643 bits per heavy atom. The van der Waals surface area contributed by atoms with Crippen molar-refractivity contribution < 1.29 is 29.3 Å². The van der Waals surface area contributed by atoms with E-state index in [1.165, 1.54) is 103 Å². The molecule has 0 aromatic heterocycles. The maximum Gasteiger partial charge on any atom is 0.335 e. The SMILES string of the molecule is C=C(CO)C(=O)OCC(COC(=O)C(=C)CO)C1CCC(C2CCC(CCC3CCC(CCCCC)CC3)CC2)CC1. The van der Waals surface area contributed by atoms with Crippen LogP contribution >= 0.6 is 0 Å². The number of ether oxygens (including phenoxy) is 2. The Hall–Kier alpha value is -1.66. The number of aliphatic hydroxyl groups is 2. The summed E-state index contributed by atoms with van der Waals surface area (Å²) in [6.45, 7) is 8.74. The summed E-state index contributed by atoms with van der Waals surface area (Å²) in [6, 6.07) is 0. The summed E-state index contributed by atoms with van der Waals surface area (Å²) in [5.41, 5.74) is 0.0350. The van der Waals surface area contributed by atoms with E-state index in [2.05, 4.69) is 20.1 Å². The fourth-order valence-electron chi connectivity index (χ4n) is 8.02. The molecule has 0 bridgehead atoms. The first-order valence-corrected chi connectivity index (χ1v) is 17.3. The number of rotatable bonds is 17. The second kappa shape index (κ2) is 18.9. The highest BCUT2D eigenvalue weighted by Gasteiger charge is 2.34. The second-order valence-electron chi connectivity index (χ2n) is 13.9. The Morgan fingerprint density at radius 2 is 1.05 bits per heavy atom. The third kappa shape index (κ3) is 11.4. The fourth-order valence-corrected chi connectivity index (χ4v) is 8.02. The van der Waals surface area contributed by atoms with Gasteiger partial charge in [0.25, 0.3) is 0 Å². The molecule has 0 atom stereocenters. The topological polar surface area (TPSA) is 93.1 Å². The fraction of sp³-hybridized carbons (Fsp3) is 0.833. The van der Waals surface area contributed by atoms with Gasteiger partial charge in [-0.15, -0.1) is 0 Å². The number of hydrogen-bond donors (Lipinski definition) is 2. The van der Waals surface area contributed by atoms with Crippen molar-refractivity contribution in [2.75, 3.05) is 26.4 Å². The quantitative estimate of drug-likeness (QED) is 0.103. The molecule has 0 amide bonds. The first kappa shape index (κ1) is 34.8. The Kier molecular flexibility index (Phi) is 15.7. The van der Waals surface area contributed by atoms with Gasteiger partial charge in [0.1, 0.15) is 0 Å². The molecule has 3 rings (SSSR count). The van der Waals surface area contributed by atoms with Gasteiger partial charge in [-0.3, -0.25) is 0 Å². The van der Waals surface area contributed by atoms with Crippen LogP contribution in [-0.4, -0.2) is 48.6 Å². The molecular weight excluding hydrogens is 528 g/mol. The van der Waals surface area contributed by atoms with Crippen molar-refractivity contribution in [1.29, 1.82) is 0 Å². The molecule has 3 fully saturated rings. The lowest BCUT2D eigenvalue weighted by Crippen LogP contribution is -2.33. The monoisotopic (exact) mass is 588 g/mol. The maximum atomic E-state index is 12.1. The average Bonchev–Trinajstić information content (AvgIpc) is 3.03. The molecule has 6 nitrogen and oxygen atoms in total. The van der Waals surface area contributed by atoms with Gasteiger partial charge in [0.15, 0.2) is 0 Å². The van der Waals surface area contributed by atoms with Gasteiger partial charge >= 0.3 is 11.9 Å². The van der Waals surface area contributed by atoms with Crippen molar-refractivity contribution in [2.45, 2.75) is 122 Å². The van der Waals surface area contributed by atoms with E-state index in [0.29, 0.717) is 5.92 Å². The number of carbonyl (C=O) groups is 2. The molecule has 3 aliphatic rings. The van der Waals surface area contributed by atoms with Crippen LogP contribution in [0.4, 0.5) is 0 Å². The smallest absolute Gasteiger partial charge is 0.335 e. The van der Waals surface area contributed by atoms with E-state index in [9.17, 15) is 19.8 Å². The van der Waals surface area contributed by atoms with E-state index < -0.39 is 25.2 Å². The molecule has 2 N–H and O–H groups in total. The molecule has 3 aliphatic carbocycles. The molecule has 0 saturated heterocycles. The number of aliphatic hydroxyl groups excluding tert-OH is 2. The highest BCUT2D eigenvalue weighted by Crippen LogP contribution is 2.44. The normalized spacial score (nSPS) is 28.3. The molecule has 0 unspecified atom stereocenters. The van der Waals surface area contributed by atoms with Gasteiger partial charge in [-0.05, 0) is 74.0 Å². The molecule has 0 aromatic rings. The number of unbranched alkanes of at least 4 members (excludes halogenated alkanes) is 2. The van der Waals surface area contributed by atoms with Crippen molar-refractivity contribution in [3.8, 4) is 0 Å². The summed E-state index contributed by atoms with van der Waals surface area (Å²) >= 11 is 0. The molecule has 0 aliphatic heterocycles. The Morgan fingerprint density at radius 3 is 1.48 bits per heavy atom. The van der Waals surface area contributed by atoms with Gasteiger partial charge in [-0.25, -0.2) is 9.59 Å². The lowest BCUT2D eigenvalue weighted by molar-refractivity contribution is -0.146. The van der Waals surface area contributed by atoms with E-state index in [1.807, 2.05) is 0 Å². The first-order valence-electron chi connectivity index (χ1n) is 17.3. The summed E-state index contributed by atoms with van der Waals surface area (Å²) in [5.74, 6) is 3.45. The van der Waals surface area contributed by atoms with E-state index in [1.54, 1.807) is 0 Å². The van der Waals surface area contributed by atoms with Crippen LogP contribution in [0.5, 0.6) is 0 Å². The van der Waals surface area contributed by atoms with Crippen molar-refractivity contribution >= 4 is 11.9 Å². The van der Waals surface area contributed by atoms with Crippen molar-refractivity contribution in [2.24, 2.45) is 41.4 Å². The lowest BCUT2D eigenvalue weighted by atomic mass is 9.67. The van der Waals surface area contributed by atoms with Crippen molar-refractivity contribution in [3.05, 3.63) is 24.3 Å².